The molecule has 2 heteroatoms. The third-order valence-electron chi connectivity index (χ3n) is 2.85. The molecule has 0 unspecified atom stereocenters. The van der Waals surface area contributed by atoms with Crippen molar-refractivity contribution >= 4 is 0 Å². The Morgan fingerprint density at radius 2 is 2.00 bits per heavy atom. The summed E-state index contributed by atoms with van der Waals surface area (Å²) < 4.78 is 0. The van der Waals surface area contributed by atoms with Gasteiger partial charge in [0.15, 0.2) is 0 Å². The molecule has 3 atom stereocenters. The van der Waals surface area contributed by atoms with Gasteiger partial charge < -0.3 is 10.8 Å². The van der Waals surface area contributed by atoms with Crippen LogP contribution in [-0.2, 0) is 0 Å². The fourth-order valence-electron chi connectivity index (χ4n) is 1.83. The Balaban J connectivity index is 2.40. The lowest BCUT2D eigenvalue weighted by Crippen LogP contribution is -2.41. The van der Waals surface area contributed by atoms with Crippen LogP contribution in [0.4, 0.5) is 0 Å². The van der Waals surface area contributed by atoms with Crippen molar-refractivity contribution in [1.82, 2.24) is 0 Å². The summed E-state index contributed by atoms with van der Waals surface area (Å²) in [5.74, 6) is 1.45. The van der Waals surface area contributed by atoms with Crippen molar-refractivity contribution in [2.75, 3.05) is 0 Å². The number of aliphatic hydroxyl groups excluding tert-OH is 1. The van der Waals surface area contributed by atoms with Gasteiger partial charge in [-0.15, -0.1) is 0 Å². The minimum atomic E-state index is -0.245. The third-order valence-corrected chi connectivity index (χ3v) is 2.85. The molecule has 1 aliphatic rings. The predicted octanol–water partition coefficient (Wildman–Crippen LogP) is 1.13. The molecule has 0 heterocycles. The average molecular weight is 157 g/mol. The van der Waals surface area contributed by atoms with E-state index >= 15 is 0 Å². The van der Waals surface area contributed by atoms with Crippen LogP contribution in [0.1, 0.15) is 33.1 Å². The van der Waals surface area contributed by atoms with Crippen LogP contribution in [0.15, 0.2) is 0 Å². The van der Waals surface area contributed by atoms with E-state index in [9.17, 15) is 5.11 Å². The molecule has 0 spiro atoms. The van der Waals surface area contributed by atoms with Gasteiger partial charge in [0, 0.05) is 6.04 Å². The summed E-state index contributed by atoms with van der Waals surface area (Å²) >= 11 is 0. The van der Waals surface area contributed by atoms with Crippen molar-refractivity contribution in [2.24, 2.45) is 17.6 Å². The van der Waals surface area contributed by atoms with Gasteiger partial charge in [0.2, 0.25) is 0 Å². The van der Waals surface area contributed by atoms with E-state index in [1.165, 1.54) is 0 Å². The van der Waals surface area contributed by atoms with Crippen LogP contribution >= 0.6 is 0 Å². The maximum absolute atomic E-state index is 9.35. The Bertz CT molecular complexity index is 125. The lowest BCUT2D eigenvalue weighted by molar-refractivity contribution is 0.0752. The fourth-order valence-corrected chi connectivity index (χ4v) is 1.83. The smallest absolute Gasteiger partial charge is 0.0691 e. The van der Waals surface area contributed by atoms with E-state index in [0.717, 1.165) is 25.2 Å². The molecule has 66 valence electrons. The molecule has 0 saturated heterocycles. The van der Waals surface area contributed by atoms with E-state index in [0.29, 0.717) is 5.92 Å². The summed E-state index contributed by atoms with van der Waals surface area (Å²) in [5, 5.41) is 9.35. The van der Waals surface area contributed by atoms with Gasteiger partial charge in [0.25, 0.3) is 0 Å². The Morgan fingerprint density at radius 1 is 1.36 bits per heavy atom. The van der Waals surface area contributed by atoms with E-state index in [2.05, 4.69) is 13.8 Å². The quantitative estimate of drug-likeness (QED) is 0.599. The lowest BCUT2D eigenvalue weighted by atomic mass is 9.78. The standard InChI is InChI=1S/C9H19NO/c1-6(2)7-3-4-9(11)8(10)5-7/h6-9,11H,3-5,10H2,1-2H3/t7-,8+,9-/m1/s1. The second kappa shape index (κ2) is 3.55. The van der Waals surface area contributed by atoms with Crippen molar-refractivity contribution in [1.29, 1.82) is 0 Å². The number of rotatable bonds is 1. The van der Waals surface area contributed by atoms with Crippen LogP contribution in [0.3, 0.4) is 0 Å². The Morgan fingerprint density at radius 3 is 2.45 bits per heavy atom. The maximum atomic E-state index is 9.35. The van der Waals surface area contributed by atoms with Gasteiger partial charge in [-0.05, 0) is 31.1 Å². The van der Waals surface area contributed by atoms with Gasteiger partial charge in [0.05, 0.1) is 6.10 Å². The van der Waals surface area contributed by atoms with Crippen molar-refractivity contribution in [3.63, 3.8) is 0 Å². The molecule has 0 aliphatic heterocycles. The minimum absolute atomic E-state index is 0.0242. The largest absolute Gasteiger partial charge is 0.392 e. The SMILES string of the molecule is CC(C)[C@@H]1CC[C@@H](O)[C@@H](N)C1. The number of nitrogens with two attached hydrogens (primary N) is 1. The summed E-state index contributed by atoms with van der Waals surface area (Å²) in [6.45, 7) is 4.46. The minimum Gasteiger partial charge on any atom is -0.392 e. The first-order valence-electron chi connectivity index (χ1n) is 4.55. The molecule has 1 aliphatic carbocycles. The summed E-state index contributed by atoms with van der Waals surface area (Å²) in [6, 6.07) is 0.0242. The van der Waals surface area contributed by atoms with Gasteiger partial charge >= 0.3 is 0 Å². The molecule has 3 N–H and O–H groups in total. The summed E-state index contributed by atoms with van der Waals surface area (Å²) in [4.78, 5) is 0. The predicted molar refractivity (Wildman–Crippen MR) is 46.2 cm³/mol. The zero-order valence-electron chi connectivity index (χ0n) is 7.46. The first-order chi connectivity index (χ1) is 5.11. The van der Waals surface area contributed by atoms with E-state index < -0.39 is 0 Å². The summed E-state index contributed by atoms with van der Waals surface area (Å²) in [7, 11) is 0. The topological polar surface area (TPSA) is 46.2 Å². The highest BCUT2D eigenvalue weighted by molar-refractivity contribution is 4.83. The molecule has 2 nitrogen and oxygen atoms in total. The summed E-state index contributed by atoms with van der Waals surface area (Å²) in [6.07, 6.45) is 2.79. The molecule has 0 radical (unpaired) electrons. The van der Waals surface area contributed by atoms with Crippen molar-refractivity contribution in [2.45, 2.75) is 45.3 Å². The zero-order chi connectivity index (χ0) is 8.43. The van der Waals surface area contributed by atoms with Gasteiger partial charge in [-0.3, -0.25) is 0 Å². The van der Waals surface area contributed by atoms with Crippen molar-refractivity contribution < 1.29 is 5.11 Å². The van der Waals surface area contributed by atoms with Gasteiger partial charge in [-0.2, -0.15) is 0 Å². The van der Waals surface area contributed by atoms with Crippen LogP contribution in [0.2, 0.25) is 0 Å². The van der Waals surface area contributed by atoms with E-state index in [4.69, 9.17) is 5.73 Å². The lowest BCUT2D eigenvalue weighted by Gasteiger charge is -2.32. The van der Waals surface area contributed by atoms with E-state index in [1.54, 1.807) is 0 Å². The highest BCUT2D eigenvalue weighted by atomic mass is 16.3. The van der Waals surface area contributed by atoms with E-state index in [-0.39, 0.29) is 12.1 Å². The monoisotopic (exact) mass is 157 g/mol. The van der Waals surface area contributed by atoms with Crippen molar-refractivity contribution in [3.8, 4) is 0 Å². The molecule has 0 amide bonds. The second-order valence-corrected chi connectivity index (χ2v) is 4.05. The summed E-state index contributed by atoms with van der Waals surface area (Å²) in [5.41, 5.74) is 5.76. The first kappa shape index (κ1) is 9.01. The van der Waals surface area contributed by atoms with Gasteiger partial charge in [-0.25, -0.2) is 0 Å². The number of aliphatic hydroxyl groups is 1. The van der Waals surface area contributed by atoms with Gasteiger partial charge in [0.1, 0.15) is 0 Å². The highest BCUT2D eigenvalue weighted by Gasteiger charge is 2.27. The molecule has 11 heavy (non-hydrogen) atoms. The molecular formula is C9H19NO. The Hall–Kier alpha value is -0.0800. The third kappa shape index (κ3) is 2.17. The van der Waals surface area contributed by atoms with Crippen LogP contribution in [-0.4, -0.2) is 17.3 Å². The Kier molecular flexibility index (Phi) is 2.90. The van der Waals surface area contributed by atoms with Crippen molar-refractivity contribution in [3.05, 3.63) is 0 Å². The van der Waals surface area contributed by atoms with Gasteiger partial charge in [-0.1, -0.05) is 13.8 Å². The molecule has 1 rings (SSSR count). The van der Waals surface area contributed by atoms with Crippen LogP contribution in [0.5, 0.6) is 0 Å². The molecule has 1 saturated carbocycles. The molecule has 1 fully saturated rings. The number of hydrogen-bond donors (Lipinski definition) is 2. The Labute approximate surface area is 68.8 Å². The number of hydrogen-bond acceptors (Lipinski definition) is 2. The normalized spacial score (nSPS) is 39.5. The maximum Gasteiger partial charge on any atom is 0.0691 e. The van der Waals surface area contributed by atoms with Crippen LogP contribution in [0.25, 0.3) is 0 Å². The van der Waals surface area contributed by atoms with Crippen LogP contribution in [0, 0.1) is 11.8 Å². The molecular weight excluding hydrogens is 138 g/mol. The van der Waals surface area contributed by atoms with Crippen LogP contribution < -0.4 is 5.73 Å². The van der Waals surface area contributed by atoms with E-state index in [1.807, 2.05) is 0 Å². The fraction of sp³-hybridized carbons (Fsp3) is 1.00. The zero-order valence-corrected chi connectivity index (χ0v) is 7.46. The molecule has 0 bridgehead atoms. The molecule has 0 aromatic rings. The molecule has 0 aromatic heterocycles. The highest BCUT2D eigenvalue weighted by Crippen LogP contribution is 2.29. The average Bonchev–Trinajstić information content (AvgIpc) is 1.94. The molecule has 0 aromatic carbocycles. The first-order valence-corrected chi connectivity index (χ1v) is 4.55. The second-order valence-electron chi connectivity index (χ2n) is 4.05.